The topological polar surface area (TPSA) is 77.6 Å². The number of anilines is 1. The molecule has 7 rings (SSSR count). The summed E-state index contributed by atoms with van der Waals surface area (Å²) < 4.78 is 4.48. The van der Waals surface area contributed by atoms with Gasteiger partial charge in [-0.3, -0.25) is 9.48 Å². The van der Waals surface area contributed by atoms with Crippen LogP contribution in [0.5, 0.6) is 0 Å². The second kappa shape index (κ2) is 7.82. The number of benzene rings is 1. The number of rotatable bonds is 5. The molecule has 7 nitrogen and oxygen atoms in total. The molecule has 0 aliphatic heterocycles. The molecule has 33 heavy (non-hydrogen) atoms. The maximum absolute atomic E-state index is 13.7. The Balaban J connectivity index is 1.25. The lowest BCUT2D eigenvalue weighted by Crippen LogP contribution is -2.60. The van der Waals surface area contributed by atoms with Crippen LogP contribution in [0.3, 0.4) is 0 Å². The van der Waals surface area contributed by atoms with E-state index in [1.807, 2.05) is 35.1 Å². The van der Waals surface area contributed by atoms with Gasteiger partial charge in [-0.15, -0.1) is 5.10 Å². The number of nitrogens with one attached hydrogen (secondary N) is 1. The Labute approximate surface area is 210 Å². The van der Waals surface area contributed by atoms with Gasteiger partial charge < -0.3 is 5.32 Å². The molecular weight excluding hydrogens is 527 g/mol. The molecule has 3 aromatic rings. The van der Waals surface area contributed by atoms with Crippen LogP contribution < -0.4 is 5.32 Å². The van der Waals surface area contributed by atoms with Crippen molar-refractivity contribution in [3.63, 3.8) is 0 Å². The monoisotopic (exact) mass is 548 g/mol. The first-order chi connectivity index (χ1) is 15.8. The minimum absolute atomic E-state index is 0.0517. The lowest BCUT2D eigenvalue weighted by molar-refractivity contribution is -0.150. The van der Waals surface area contributed by atoms with Crippen LogP contribution in [0.4, 0.5) is 5.82 Å². The largest absolute Gasteiger partial charge is 0.308 e. The Morgan fingerprint density at radius 2 is 1.91 bits per heavy atom. The molecule has 1 amide bonds. The third-order valence-corrected chi connectivity index (χ3v) is 8.82. The predicted octanol–water partition coefficient (Wildman–Crippen LogP) is 5.53. The summed E-state index contributed by atoms with van der Waals surface area (Å²) in [6.45, 7) is 0.527. The summed E-state index contributed by atoms with van der Waals surface area (Å²) in [7, 11) is 0. The summed E-state index contributed by atoms with van der Waals surface area (Å²) in [5, 5.41) is 13.2. The molecule has 0 saturated heterocycles. The highest BCUT2D eigenvalue weighted by Gasteiger charge is 2.61. The maximum Gasteiger partial charge on any atom is 0.242 e. The number of halogens is 3. The number of hydrogen-bond donors (Lipinski definition) is 1. The van der Waals surface area contributed by atoms with Gasteiger partial charge in [-0.05, 0) is 89.5 Å². The van der Waals surface area contributed by atoms with Crippen LogP contribution in [0.1, 0.15) is 44.1 Å². The summed E-state index contributed by atoms with van der Waals surface area (Å²) in [4.78, 5) is 17.9. The molecule has 0 radical (unpaired) electrons. The van der Waals surface area contributed by atoms with E-state index in [9.17, 15) is 4.79 Å². The summed E-state index contributed by atoms with van der Waals surface area (Å²) in [5.74, 6) is 1.62. The minimum Gasteiger partial charge on any atom is -0.308 e. The van der Waals surface area contributed by atoms with Crippen LogP contribution in [-0.2, 0) is 16.9 Å². The second-order valence-corrected chi connectivity index (χ2v) is 11.6. The van der Waals surface area contributed by atoms with Crippen molar-refractivity contribution >= 4 is 50.9 Å². The van der Waals surface area contributed by atoms with Crippen LogP contribution in [0.25, 0.3) is 0 Å². The van der Waals surface area contributed by atoms with Gasteiger partial charge in [0.05, 0.1) is 22.0 Å². The molecule has 0 spiro atoms. The Hall–Kier alpha value is -1.90. The highest BCUT2D eigenvalue weighted by Crippen LogP contribution is 2.64. The van der Waals surface area contributed by atoms with Crippen LogP contribution in [0.15, 0.2) is 41.3 Å². The van der Waals surface area contributed by atoms with Gasteiger partial charge >= 0.3 is 0 Å². The summed E-state index contributed by atoms with van der Waals surface area (Å²) >= 11 is 15.9. The van der Waals surface area contributed by atoms with E-state index in [0.29, 0.717) is 29.2 Å². The van der Waals surface area contributed by atoms with Crippen molar-refractivity contribution in [1.29, 1.82) is 0 Å². The van der Waals surface area contributed by atoms with Crippen molar-refractivity contribution in [2.75, 3.05) is 5.32 Å². The first kappa shape index (κ1) is 21.6. The van der Waals surface area contributed by atoms with E-state index in [0.717, 1.165) is 42.1 Å². The van der Waals surface area contributed by atoms with Gasteiger partial charge in [-0.2, -0.15) is 5.10 Å². The van der Waals surface area contributed by atoms with Crippen molar-refractivity contribution < 1.29 is 4.79 Å². The summed E-state index contributed by atoms with van der Waals surface area (Å²) in [6.07, 6.45) is 9.45. The van der Waals surface area contributed by atoms with Crippen LogP contribution >= 0.6 is 39.1 Å². The molecule has 2 aromatic heterocycles. The van der Waals surface area contributed by atoms with Gasteiger partial charge in [0.1, 0.15) is 6.33 Å². The first-order valence-corrected chi connectivity index (χ1v) is 12.7. The van der Waals surface area contributed by atoms with E-state index >= 15 is 0 Å². The van der Waals surface area contributed by atoms with E-state index in [1.54, 1.807) is 11.0 Å². The third-order valence-electron chi connectivity index (χ3n) is 7.70. The molecule has 172 valence electrons. The van der Waals surface area contributed by atoms with Crippen molar-refractivity contribution in [2.24, 2.45) is 17.3 Å². The van der Waals surface area contributed by atoms with Gasteiger partial charge in [-0.1, -0.05) is 29.8 Å². The van der Waals surface area contributed by atoms with Crippen LogP contribution in [0, 0.1) is 17.3 Å². The third kappa shape index (κ3) is 3.70. The Bertz CT molecular complexity index is 1230. The van der Waals surface area contributed by atoms with Crippen LogP contribution in [-0.4, -0.2) is 30.5 Å². The Morgan fingerprint density at radius 1 is 1.15 bits per heavy atom. The molecule has 2 heterocycles. The van der Waals surface area contributed by atoms with Gasteiger partial charge in [0.2, 0.25) is 11.2 Å². The number of carbonyl (C=O) groups excluding carboxylic acids is 1. The lowest BCUT2D eigenvalue weighted by Gasteiger charge is -2.60. The molecule has 4 aliphatic rings. The standard InChI is InChI=1S/C23H23BrCl2N6O/c24-17-11-31(10-16-3-1-2-4-18(16)25)29-19(17)28-20(33)22-6-14-5-15(7-22)9-23(8-14,12-22)32-13-27-21(26)30-32/h1-4,11,13-15H,5-10,12H2,(H,28,29,33). The predicted molar refractivity (Wildman–Crippen MR) is 129 cm³/mol. The van der Waals surface area contributed by atoms with E-state index in [-0.39, 0.29) is 16.7 Å². The average Bonchev–Trinajstić information content (AvgIpc) is 3.35. The summed E-state index contributed by atoms with van der Waals surface area (Å²) in [5.41, 5.74) is 0.373. The molecule has 2 atom stereocenters. The zero-order valence-electron chi connectivity index (χ0n) is 17.8. The van der Waals surface area contributed by atoms with E-state index in [4.69, 9.17) is 23.2 Å². The van der Waals surface area contributed by atoms with Crippen molar-refractivity contribution in [1.82, 2.24) is 24.5 Å². The normalized spacial score (nSPS) is 30.0. The van der Waals surface area contributed by atoms with E-state index in [1.165, 1.54) is 6.42 Å². The number of amides is 1. The number of carbonyl (C=O) groups is 1. The molecule has 4 bridgehead atoms. The quantitative estimate of drug-likeness (QED) is 0.454. The molecule has 4 saturated carbocycles. The van der Waals surface area contributed by atoms with Gasteiger partial charge in [0.25, 0.3) is 0 Å². The molecular formula is C23H23BrCl2N6O. The summed E-state index contributed by atoms with van der Waals surface area (Å²) in [6, 6.07) is 7.69. The van der Waals surface area contributed by atoms with Crippen LogP contribution in [0.2, 0.25) is 10.3 Å². The smallest absolute Gasteiger partial charge is 0.242 e. The Kier molecular flexibility index (Phi) is 5.12. The van der Waals surface area contributed by atoms with E-state index in [2.05, 4.69) is 36.4 Å². The van der Waals surface area contributed by atoms with Gasteiger partial charge in [-0.25, -0.2) is 9.67 Å². The average molecular weight is 550 g/mol. The number of nitrogens with zero attached hydrogens (tertiary/aromatic N) is 5. The molecule has 2 unspecified atom stereocenters. The van der Waals surface area contributed by atoms with Crippen molar-refractivity contribution in [3.05, 3.63) is 57.1 Å². The maximum atomic E-state index is 13.7. The highest BCUT2D eigenvalue weighted by molar-refractivity contribution is 9.10. The highest BCUT2D eigenvalue weighted by atomic mass is 79.9. The fraction of sp³-hybridized carbons (Fsp3) is 0.478. The SMILES string of the molecule is O=C(Nc1nn(Cc2ccccc2Cl)cc1Br)C12CC3CC(C1)CC(n1cnc(Cl)n1)(C3)C2. The fourth-order valence-electron chi connectivity index (χ4n) is 6.82. The fourth-order valence-corrected chi connectivity index (χ4v) is 7.56. The van der Waals surface area contributed by atoms with Crippen molar-refractivity contribution in [3.8, 4) is 0 Å². The van der Waals surface area contributed by atoms with E-state index < -0.39 is 5.41 Å². The zero-order chi connectivity index (χ0) is 22.8. The van der Waals surface area contributed by atoms with Gasteiger partial charge in [0, 0.05) is 11.2 Å². The number of aromatic nitrogens is 5. The Morgan fingerprint density at radius 3 is 2.61 bits per heavy atom. The first-order valence-electron chi connectivity index (χ1n) is 11.2. The minimum atomic E-state index is -0.422. The molecule has 4 fully saturated rings. The molecule has 1 aromatic carbocycles. The van der Waals surface area contributed by atoms with Crippen molar-refractivity contribution in [2.45, 2.75) is 50.6 Å². The van der Waals surface area contributed by atoms with Gasteiger partial charge in [0.15, 0.2) is 5.82 Å². The lowest BCUT2D eigenvalue weighted by atomic mass is 9.46. The second-order valence-electron chi connectivity index (χ2n) is 9.99. The number of hydrogen-bond acceptors (Lipinski definition) is 4. The molecule has 4 aliphatic carbocycles. The zero-order valence-corrected chi connectivity index (χ0v) is 20.9. The molecule has 10 heteroatoms. The molecule has 1 N–H and O–H groups in total.